The summed E-state index contributed by atoms with van der Waals surface area (Å²) in [7, 11) is 0. The van der Waals surface area contributed by atoms with E-state index in [1.807, 2.05) is 0 Å². The number of hydrogen-bond acceptors (Lipinski definition) is 6. The Morgan fingerprint density at radius 3 is 1.12 bits per heavy atom. The van der Waals surface area contributed by atoms with Crippen LogP contribution in [0, 0.1) is 0 Å². The van der Waals surface area contributed by atoms with Gasteiger partial charge in [0.1, 0.15) is 11.4 Å². The van der Waals surface area contributed by atoms with E-state index < -0.39 is 22.2 Å². The van der Waals surface area contributed by atoms with Crippen molar-refractivity contribution in [2.45, 2.75) is 23.6 Å². The zero-order valence-corrected chi connectivity index (χ0v) is 15.7. The average molecular weight is 400 g/mol. The van der Waals surface area contributed by atoms with Gasteiger partial charge in [0.2, 0.25) is 0 Å². The van der Waals surface area contributed by atoms with E-state index in [1.165, 1.54) is 13.8 Å². The minimum absolute atomic E-state index is 0.313. The third kappa shape index (κ3) is 10.5. The Bertz CT molecular complexity index is 686. The average Bonchev–Trinajstić information content (AvgIpc) is 2.69. The first kappa shape index (κ1) is 23.6. The number of rotatable bonds is 3. The second-order valence-electron chi connectivity index (χ2n) is 4.50. The second kappa shape index (κ2) is 13.8. The van der Waals surface area contributed by atoms with Crippen LogP contribution in [-0.2, 0) is 22.2 Å². The number of hydrogen-bond donors (Lipinski definition) is 4. The van der Waals surface area contributed by atoms with E-state index in [0.29, 0.717) is 21.2 Å². The molecule has 2 rings (SSSR count). The summed E-state index contributed by atoms with van der Waals surface area (Å²) >= 11 is -3.66. The molecular weight excluding hydrogens is 380 g/mol. The van der Waals surface area contributed by atoms with Crippen LogP contribution in [0.3, 0.4) is 0 Å². The molecule has 142 valence electrons. The van der Waals surface area contributed by atoms with Crippen LogP contribution in [0.5, 0.6) is 0 Å². The minimum atomic E-state index is -1.83. The Balaban J connectivity index is 0.000000362. The van der Waals surface area contributed by atoms with Crippen LogP contribution in [0.1, 0.15) is 13.8 Å². The molecule has 8 nitrogen and oxygen atoms in total. The van der Waals surface area contributed by atoms with Crippen molar-refractivity contribution >= 4 is 33.6 Å². The Morgan fingerprint density at radius 2 is 0.962 bits per heavy atom. The Morgan fingerprint density at radius 1 is 0.692 bits per heavy atom. The SMILES string of the molecule is CC(=NO)C(C)=NO.O=S(O)c1ccccc1.O=S(O)c1ccccc1. The molecule has 0 saturated carbocycles. The van der Waals surface area contributed by atoms with Crippen molar-refractivity contribution in [2.24, 2.45) is 10.3 Å². The van der Waals surface area contributed by atoms with E-state index in [1.54, 1.807) is 60.7 Å². The van der Waals surface area contributed by atoms with E-state index >= 15 is 0 Å². The fourth-order valence-corrected chi connectivity index (χ4v) is 2.00. The molecule has 2 atom stereocenters. The lowest BCUT2D eigenvalue weighted by molar-refractivity contribution is 0.313. The van der Waals surface area contributed by atoms with Gasteiger partial charge in [-0.1, -0.05) is 46.7 Å². The quantitative estimate of drug-likeness (QED) is 0.270. The monoisotopic (exact) mass is 400 g/mol. The molecule has 0 fully saturated rings. The van der Waals surface area contributed by atoms with Gasteiger partial charge in [0.05, 0.1) is 9.79 Å². The highest BCUT2D eigenvalue weighted by molar-refractivity contribution is 7.79. The highest BCUT2D eigenvalue weighted by Crippen LogP contribution is 2.01. The Hall–Kier alpha value is -2.40. The fraction of sp³-hybridized carbons (Fsp3) is 0.125. The molecule has 26 heavy (non-hydrogen) atoms. The zero-order valence-electron chi connectivity index (χ0n) is 14.1. The molecular formula is C16H20N2O6S2. The second-order valence-corrected chi connectivity index (χ2v) is 6.43. The first-order valence-electron chi connectivity index (χ1n) is 7.03. The maximum Gasteiger partial charge on any atom is 0.186 e. The van der Waals surface area contributed by atoms with Crippen molar-refractivity contribution in [2.75, 3.05) is 0 Å². The van der Waals surface area contributed by atoms with Gasteiger partial charge in [0.15, 0.2) is 22.2 Å². The topological polar surface area (TPSA) is 140 Å². The van der Waals surface area contributed by atoms with Gasteiger partial charge in [-0.25, -0.2) is 8.42 Å². The van der Waals surface area contributed by atoms with E-state index in [0.717, 1.165) is 0 Å². The van der Waals surface area contributed by atoms with E-state index in [4.69, 9.17) is 19.5 Å². The van der Waals surface area contributed by atoms with Gasteiger partial charge in [-0.2, -0.15) is 0 Å². The molecule has 4 N–H and O–H groups in total. The largest absolute Gasteiger partial charge is 0.411 e. The molecule has 0 aromatic heterocycles. The van der Waals surface area contributed by atoms with Crippen molar-refractivity contribution in [1.29, 1.82) is 0 Å². The molecule has 0 heterocycles. The number of nitrogens with zero attached hydrogens (tertiary/aromatic N) is 2. The van der Waals surface area contributed by atoms with Gasteiger partial charge in [-0.05, 0) is 38.1 Å². The van der Waals surface area contributed by atoms with Crippen LogP contribution in [0.25, 0.3) is 0 Å². The Kier molecular flexibility index (Phi) is 12.6. The normalized spacial score (nSPS) is 13.4. The molecule has 2 aromatic carbocycles. The van der Waals surface area contributed by atoms with Crippen molar-refractivity contribution in [1.82, 2.24) is 0 Å². The summed E-state index contributed by atoms with van der Waals surface area (Å²) in [6.07, 6.45) is 0. The lowest BCUT2D eigenvalue weighted by Gasteiger charge is -1.89. The van der Waals surface area contributed by atoms with E-state index in [2.05, 4.69) is 10.3 Å². The summed E-state index contributed by atoms with van der Waals surface area (Å²) < 4.78 is 37.6. The fourth-order valence-electron chi connectivity index (χ4n) is 1.22. The van der Waals surface area contributed by atoms with Crippen molar-refractivity contribution < 1.29 is 27.9 Å². The van der Waals surface area contributed by atoms with Crippen molar-refractivity contribution in [3.05, 3.63) is 60.7 Å². The predicted molar refractivity (Wildman–Crippen MR) is 101 cm³/mol. The third-order valence-corrected chi connectivity index (χ3v) is 4.06. The third-order valence-electron chi connectivity index (χ3n) is 2.71. The summed E-state index contributed by atoms with van der Waals surface area (Å²) in [5.41, 5.74) is 0.625. The summed E-state index contributed by atoms with van der Waals surface area (Å²) in [6.45, 7) is 3.07. The van der Waals surface area contributed by atoms with Crippen LogP contribution in [0.4, 0.5) is 0 Å². The maximum atomic E-state index is 10.3. The van der Waals surface area contributed by atoms with Gasteiger partial charge in [-0.15, -0.1) is 0 Å². The number of benzene rings is 2. The lowest BCUT2D eigenvalue weighted by atomic mass is 10.3. The van der Waals surface area contributed by atoms with Crippen LogP contribution in [0.2, 0.25) is 0 Å². The molecule has 2 unspecified atom stereocenters. The summed E-state index contributed by atoms with van der Waals surface area (Å²) in [5.74, 6) is 0. The molecule has 0 saturated heterocycles. The highest BCUT2D eigenvalue weighted by Gasteiger charge is 1.94. The van der Waals surface area contributed by atoms with Gasteiger partial charge in [0, 0.05) is 0 Å². The molecule has 0 aliphatic rings. The number of oxime groups is 2. The van der Waals surface area contributed by atoms with Crippen LogP contribution < -0.4 is 0 Å². The highest BCUT2D eigenvalue weighted by atomic mass is 32.2. The van der Waals surface area contributed by atoms with Gasteiger partial charge < -0.3 is 19.5 Å². The lowest BCUT2D eigenvalue weighted by Crippen LogP contribution is -2.04. The molecule has 10 heteroatoms. The standard InChI is InChI=1S/2C6H6O2S.C4H8N2O2/c2*7-9(8)6-4-2-1-3-5-6;1-3(5-7)4(2)6-8/h2*1-5H,(H,7,8);7-8H,1-2H3. The first-order chi connectivity index (χ1) is 12.3. The summed E-state index contributed by atoms with van der Waals surface area (Å²) in [4.78, 5) is 0.884. The van der Waals surface area contributed by atoms with Crippen LogP contribution >= 0.6 is 0 Å². The summed E-state index contributed by atoms with van der Waals surface area (Å²) in [6, 6.07) is 16.9. The van der Waals surface area contributed by atoms with Crippen LogP contribution in [-0.4, -0.2) is 39.4 Å². The molecule has 0 aliphatic carbocycles. The molecule has 0 aliphatic heterocycles. The van der Waals surface area contributed by atoms with Crippen molar-refractivity contribution in [3.8, 4) is 0 Å². The van der Waals surface area contributed by atoms with E-state index in [-0.39, 0.29) is 0 Å². The molecule has 0 radical (unpaired) electrons. The van der Waals surface area contributed by atoms with Gasteiger partial charge >= 0.3 is 0 Å². The van der Waals surface area contributed by atoms with E-state index in [9.17, 15) is 8.42 Å². The summed E-state index contributed by atoms with van der Waals surface area (Å²) in [5, 5.41) is 21.6. The molecule has 0 spiro atoms. The smallest absolute Gasteiger partial charge is 0.186 e. The van der Waals surface area contributed by atoms with Crippen LogP contribution in [0.15, 0.2) is 80.8 Å². The van der Waals surface area contributed by atoms with Gasteiger partial charge in [0.25, 0.3) is 0 Å². The minimum Gasteiger partial charge on any atom is -0.411 e. The van der Waals surface area contributed by atoms with Gasteiger partial charge in [-0.3, -0.25) is 0 Å². The zero-order chi connectivity index (χ0) is 19.9. The Labute approximate surface area is 156 Å². The maximum absolute atomic E-state index is 10.3. The van der Waals surface area contributed by atoms with Crippen molar-refractivity contribution in [3.63, 3.8) is 0 Å². The molecule has 0 bridgehead atoms. The predicted octanol–water partition coefficient (Wildman–Crippen LogP) is 3.22. The molecule has 2 aromatic rings. The first-order valence-corrected chi connectivity index (χ1v) is 9.24. The molecule has 0 amide bonds.